The number of benzene rings is 1. The van der Waals surface area contributed by atoms with E-state index in [4.69, 9.17) is 4.74 Å². The van der Waals surface area contributed by atoms with Crippen molar-refractivity contribution < 1.29 is 23.5 Å². The number of halogens is 1. The van der Waals surface area contributed by atoms with E-state index in [-0.39, 0.29) is 17.2 Å². The van der Waals surface area contributed by atoms with Crippen molar-refractivity contribution in [3.63, 3.8) is 0 Å². The zero-order valence-electron chi connectivity index (χ0n) is 14.4. The van der Waals surface area contributed by atoms with Gasteiger partial charge in [0.1, 0.15) is 11.5 Å². The summed E-state index contributed by atoms with van der Waals surface area (Å²) >= 11 is 0. The third-order valence-electron chi connectivity index (χ3n) is 3.71. The Labute approximate surface area is 144 Å². The number of hydrogen-bond acceptors (Lipinski definition) is 4. The molecule has 0 radical (unpaired) electrons. The van der Waals surface area contributed by atoms with E-state index in [0.717, 1.165) is 0 Å². The van der Waals surface area contributed by atoms with Gasteiger partial charge in [0.25, 0.3) is 5.91 Å². The number of nitrogens with one attached hydrogen (secondary N) is 1. The van der Waals surface area contributed by atoms with Crippen LogP contribution in [0.5, 0.6) is 0 Å². The lowest BCUT2D eigenvalue weighted by Gasteiger charge is -2.14. The number of carbonyl (C=O) groups excluding carboxylic acids is 3. The fourth-order valence-electron chi connectivity index (χ4n) is 2.15. The number of nitrogens with zero attached hydrogens (tertiary/aromatic N) is 1. The molecule has 1 N–H and O–H groups in total. The Morgan fingerprint density at radius 3 is 2.48 bits per heavy atom. The fraction of sp³-hybridized carbons (Fsp3) is 0.278. The number of aryl methyl sites for hydroxylation is 2. The van der Waals surface area contributed by atoms with E-state index in [0.29, 0.717) is 11.1 Å². The van der Waals surface area contributed by atoms with Gasteiger partial charge < -0.3 is 14.6 Å². The normalized spacial score (nSPS) is 11.7. The van der Waals surface area contributed by atoms with Crippen LogP contribution in [0.1, 0.15) is 40.3 Å². The lowest BCUT2D eigenvalue weighted by molar-refractivity contribution is -0.123. The van der Waals surface area contributed by atoms with Crippen molar-refractivity contribution in [1.29, 1.82) is 0 Å². The van der Waals surface area contributed by atoms with Crippen molar-refractivity contribution >= 4 is 23.3 Å². The average Bonchev–Trinajstić information content (AvgIpc) is 2.93. The van der Waals surface area contributed by atoms with Crippen LogP contribution in [0.25, 0.3) is 0 Å². The van der Waals surface area contributed by atoms with Crippen molar-refractivity contribution in [2.24, 2.45) is 7.05 Å². The Balaban J connectivity index is 2.04. The lowest BCUT2D eigenvalue weighted by Crippen LogP contribution is -2.30. The van der Waals surface area contributed by atoms with Crippen molar-refractivity contribution in [3.8, 4) is 0 Å². The summed E-state index contributed by atoms with van der Waals surface area (Å²) < 4.78 is 20.1. The molecule has 0 aliphatic rings. The highest BCUT2D eigenvalue weighted by Crippen LogP contribution is 2.15. The molecule has 6 nitrogen and oxygen atoms in total. The second-order valence-corrected chi connectivity index (χ2v) is 5.78. The highest BCUT2D eigenvalue weighted by Gasteiger charge is 2.22. The Bertz CT molecular complexity index is 842. The zero-order chi connectivity index (χ0) is 18.7. The van der Waals surface area contributed by atoms with Crippen LogP contribution in [-0.4, -0.2) is 28.3 Å². The highest BCUT2D eigenvalue weighted by molar-refractivity contribution is 5.99. The summed E-state index contributed by atoms with van der Waals surface area (Å²) in [7, 11) is 1.60. The third-order valence-corrected chi connectivity index (χ3v) is 3.71. The van der Waals surface area contributed by atoms with Crippen molar-refractivity contribution in [2.75, 3.05) is 5.32 Å². The van der Waals surface area contributed by atoms with Crippen LogP contribution in [0.3, 0.4) is 0 Å². The van der Waals surface area contributed by atoms with Crippen LogP contribution in [-0.2, 0) is 16.6 Å². The van der Waals surface area contributed by atoms with E-state index < -0.39 is 23.8 Å². The molecule has 0 saturated heterocycles. The van der Waals surface area contributed by atoms with Crippen LogP contribution >= 0.6 is 0 Å². The van der Waals surface area contributed by atoms with Gasteiger partial charge in [-0.3, -0.25) is 9.59 Å². The number of rotatable bonds is 5. The molecule has 1 atom stereocenters. The molecule has 0 saturated carbocycles. The molecule has 0 aliphatic heterocycles. The fourth-order valence-corrected chi connectivity index (χ4v) is 2.15. The number of amides is 1. The summed E-state index contributed by atoms with van der Waals surface area (Å²) in [5.41, 5.74) is 1.27. The third kappa shape index (κ3) is 4.32. The van der Waals surface area contributed by atoms with E-state index >= 15 is 0 Å². The molecule has 1 aromatic carbocycles. The molecular formula is C18H19FN2O4. The maximum absolute atomic E-state index is 13.5. The molecule has 0 spiro atoms. The number of aromatic nitrogens is 1. The molecule has 132 valence electrons. The minimum atomic E-state index is -1.09. The number of ether oxygens (including phenoxy) is 1. The monoisotopic (exact) mass is 346 g/mol. The number of anilines is 1. The molecule has 2 rings (SSSR count). The van der Waals surface area contributed by atoms with E-state index in [9.17, 15) is 18.8 Å². The van der Waals surface area contributed by atoms with E-state index in [1.165, 1.54) is 42.8 Å². The Morgan fingerprint density at radius 2 is 1.92 bits per heavy atom. The summed E-state index contributed by atoms with van der Waals surface area (Å²) in [6.45, 7) is 4.41. The van der Waals surface area contributed by atoms with Crippen molar-refractivity contribution in [2.45, 2.75) is 26.9 Å². The topological polar surface area (TPSA) is 77.4 Å². The molecule has 1 aromatic heterocycles. The highest BCUT2D eigenvalue weighted by atomic mass is 19.1. The van der Waals surface area contributed by atoms with Gasteiger partial charge in [-0.1, -0.05) is 6.07 Å². The summed E-state index contributed by atoms with van der Waals surface area (Å²) in [5, 5.41) is 2.49. The first-order valence-corrected chi connectivity index (χ1v) is 7.64. The number of Topliss-reactive ketones (excluding diaryl/α,β-unsaturated/α-hetero) is 1. The average molecular weight is 346 g/mol. The Hall–Kier alpha value is -2.96. The van der Waals surface area contributed by atoms with Gasteiger partial charge in [-0.25, -0.2) is 9.18 Å². The zero-order valence-corrected chi connectivity index (χ0v) is 14.4. The molecular weight excluding hydrogens is 327 g/mol. The van der Waals surface area contributed by atoms with Gasteiger partial charge in [0.2, 0.25) is 0 Å². The van der Waals surface area contributed by atoms with Crippen molar-refractivity contribution in [1.82, 2.24) is 4.57 Å². The summed E-state index contributed by atoms with van der Waals surface area (Å²) in [6, 6.07) is 5.69. The maximum Gasteiger partial charge on any atom is 0.355 e. The lowest BCUT2D eigenvalue weighted by atomic mass is 10.2. The molecule has 7 heteroatoms. The molecule has 0 unspecified atom stereocenters. The summed E-state index contributed by atoms with van der Waals surface area (Å²) in [4.78, 5) is 35.6. The number of hydrogen-bond donors (Lipinski definition) is 1. The molecule has 1 amide bonds. The molecule has 0 bridgehead atoms. The maximum atomic E-state index is 13.5. The molecule has 1 heterocycles. The minimum Gasteiger partial charge on any atom is -0.448 e. The standard InChI is InChI=1S/C18H19FN2O4/c1-10-5-6-14(8-15(10)19)20-17(23)12(3)25-18(24)16-7-13(11(2)22)9-21(16)4/h5-9,12H,1-4H3,(H,20,23)/t12-/m1/s1. The van der Waals surface area contributed by atoms with E-state index in [1.54, 1.807) is 20.0 Å². The summed E-state index contributed by atoms with van der Waals surface area (Å²) in [6.07, 6.45) is 0.422. The van der Waals surface area contributed by atoms with Gasteiger partial charge in [-0.2, -0.15) is 0 Å². The van der Waals surface area contributed by atoms with E-state index in [2.05, 4.69) is 5.32 Å². The SMILES string of the molecule is CC(=O)c1cc(C(=O)O[C@H](C)C(=O)Nc2ccc(C)c(F)c2)n(C)c1. The van der Waals surface area contributed by atoms with E-state index in [1.807, 2.05) is 0 Å². The Kier molecular flexibility index (Phi) is 5.36. The number of ketones is 1. The molecule has 2 aromatic rings. The second kappa shape index (κ2) is 7.29. The predicted molar refractivity (Wildman–Crippen MR) is 90.1 cm³/mol. The molecule has 0 fully saturated rings. The number of esters is 1. The smallest absolute Gasteiger partial charge is 0.355 e. The number of carbonyl (C=O) groups is 3. The minimum absolute atomic E-state index is 0.159. The van der Waals surface area contributed by atoms with Gasteiger partial charge in [0.15, 0.2) is 11.9 Å². The first-order valence-electron chi connectivity index (χ1n) is 7.64. The van der Waals surface area contributed by atoms with Crippen LogP contribution in [0, 0.1) is 12.7 Å². The van der Waals surface area contributed by atoms with Crippen LogP contribution < -0.4 is 5.32 Å². The van der Waals surface area contributed by atoms with Crippen LogP contribution in [0.2, 0.25) is 0 Å². The molecule has 0 aliphatic carbocycles. The Morgan fingerprint density at radius 1 is 1.24 bits per heavy atom. The first-order chi connectivity index (χ1) is 11.7. The van der Waals surface area contributed by atoms with Crippen LogP contribution in [0.4, 0.5) is 10.1 Å². The van der Waals surface area contributed by atoms with Gasteiger partial charge >= 0.3 is 5.97 Å². The van der Waals surface area contributed by atoms with Gasteiger partial charge in [-0.05, 0) is 44.5 Å². The van der Waals surface area contributed by atoms with Crippen molar-refractivity contribution in [3.05, 3.63) is 53.1 Å². The van der Waals surface area contributed by atoms with Gasteiger partial charge in [0.05, 0.1) is 0 Å². The second-order valence-electron chi connectivity index (χ2n) is 5.78. The largest absolute Gasteiger partial charge is 0.448 e. The van der Waals surface area contributed by atoms with Crippen LogP contribution in [0.15, 0.2) is 30.5 Å². The van der Waals surface area contributed by atoms with Gasteiger partial charge in [0, 0.05) is 24.5 Å². The first kappa shape index (κ1) is 18.4. The summed E-state index contributed by atoms with van der Waals surface area (Å²) in [5.74, 6) is -1.94. The predicted octanol–water partition coefficient (Wildman–Crippen LogP) is 2.86. The molecule has 25 heavy (non-hydrogen) atoms. The van der Waals surface area contributed by atoms with Gasteiger partial charge in [-0.15, -0.1) is 0 Å². The quantitative estimate of drug-likeness (QED) is 0.667.